The van der Waals surface area contributed by atoms with E-state index < -0.39 is 0 Å². The third-order valence-electron chi connectivity index (χ3n) is 10.5. The number of benzene rings is 9. The van der Waals surface area contributed by atoms with E-state index in [0.29, 0.717) is 0 Å². The molecule has 260 valence electrons. The van der Waals surface area contributed by atoms with Crippen LogP contribution in [-0.2, 0) is 0 Å². The molecule has 0 amide bonds. The Labute approximate surface area is 323 Å². The molecule has 0 saturated heterocycles. The first-order valence-electron chi connectivity index (χ1n) is 18.5. The molecule has 1 aromatic heterocycles. The lowest BCUT2D eigenvalue weighted by Crippen LogP contribution is -2.11. The molecule has 0 atom stereocenters. The average molecular weight is 724 g/mol. The minimum atomic E-state index is -0.247. The lowest BCUT2D eigenvalue weighted by Gasteiger charge is -2.29. The van der Waals surface area contributed by atoms with E-state index in [1.165, 1.54) is 37.4 Å². The number of anilines is 3. The maximum absolute atomic E-state index is 14.6. The fraction of sp³-hybridized carbons (Fsp3) is 0. The first-order valence-corrected chi connectivity index (χ1v) is 19.3. The Morgan fingerprint density at radius 3 is 1.84 bits per heavy atom. The molecule has 0 aliphatic rings. The summed E-state index contributed by atoms with van der Waals surface area (Å²) in [4.78, 5) is 2.37. The molecule has 0 fully saturated rings. The molecule has 0 N–H and O–H groups in total. The molecule has 0 radical (unpaired) electrons. The third kappa shape index (κ3) is 6.05. The van der Waals surface area contributed by atoms with Gasteiger partial charge in [0, 0.05) is 37.1 Å². The van der Waals surface area contributed by atoms with Crippen LogP contribution in [0.4, 0.5) is 21.5 Å². The first kappa shape index (κ1) is 32.8. The van der Waals surface area contributed by atoms with Crippen LogP contribution in [0.5, 0.6) is 0 Å². The molecule has 55 heavy (non-hydrogen) atoms. The maximum Gasteiger partial charge on any atom is 0.123 e. The number of nitrogens with zero attached hydrogens (tertiary/aromatic N) is 1. The topological polar surface area (TPSA) is 3.24 Å². The number of halogens is 1. The van der Waals surface area contributed by atoms with E-state index in [4.69, 9.17) is 0 Å². The van der Waals surface area contributed by atoms with Gasteiger partial charge in [0.1, 0.15) is 5.82 Å². The van der Waals surface area contributed by atoms with Crippen molar-refractivity contribution < 1.29 is 4.39 Å². The standard InChI is InChI=1S/C52H34FNS/c53-41-18-8-17-40(32-41)44-22-10-14-37-15-11-23-47(52(37)44)45-20-4-6-24-49(45)54(42-29-26-36(27-30-42)35-12-2-1-3-13-35)43-19-9-16-38(33-43)39-28-31-51-48(34-39)46-21-5-7-25-50(46)55-51/h1-34H. The quantitative estimate of drug-likeness (QED) is 0.158. The fourth-order valence-electron chi connectivity index (χ4n) is 7.95. The van der Waals surface area contributed by atoms with Gasteiger partial charge in [0.15, 0.2) is 0 Å². The highest BCUT2D eigenvalue weighted by molar-refractivity contribution is 7.25. The Morgan fingerprint density at radius 1 is 0.364 bits per heavy atom. The van der Waals surface area contributed by atoms with E-state index in [1.54, 1.807) is 12.1 Å². The molecule has 3 heteroatoms. The molecule has 0 saturated carbocycles. The number of hydrogen-bond donors (Lipinski definition) is 0. The highest BCUT2D eigenvalue weighted by atomic mass is 32.1. The van der Waals surface area contributed by atoms with Gasteiger partial charge in [-0.3, -0.25) is 0 Å². The van der Waals surface area contributed by atoms with Gasteiger partial charge in [0.25, 0.3) is 0 Å². The maximum atomic E-state index is 14.6. The van der Waals surface area contributed by atoms with Crippen LogP contribution in [0.25, 0.3) is 75.5 Å². The van der Waals surface area contributed by atoms with E-state index in [1.807, 2.05) is 17.4 Å². The van der Waals surface area contributed by atoms with Crippen molar-refractivity contribution in [3.63, 3.8) is 0 Å². The van der Waals surface area contributed by atoms with Gasteiger partial charge in [0.2, 0.25) is 0 Å². The molecule has 10 rings (SSSR count). The van der Waals surface area contributed by atoms with E-state index in [2.05, 4.69) is 187 Å². The molecule has 0 bridgehead atoms. The summed E-state index contributed by atoms with van der Waals surface area (Å²) in [5.41, 5.74) is 11.9. The molecule has 9 aromatic carbocycles. The van der Waals surface area contributed by atoms with Crippen molar-refractivity contribution in [2.75, 3.05) is 4.90 Å². The molecule has 10 aromatic rings. The summed E-state index contributed by atoms with van der Waals surface area (Å²) in [6.45, 7) is 0. The van der Waals surface area contributed by atoms with Crippen molar-refractivity contribution >= 4 is 59.3 Å². The Kier molecular flexibility index (Phi) is 8.28. The third-order valence-corrected chi connectivity index (χ3v) is 11.7. The van der Waals surface area contributed by atoms with Crippen molar-refractivity contribution in [2.45, 2.75) is 0 Å². The van der Waals surface area contributed by atoms with Gasteiger partial charge in [-0.2, -0.15) is 0 Å². The van der Waals surface area contributed by atoms with Gasteiger partial charge in [-0.05, 0) is 110 Å². The van der Waals surface area contributed by atoms with Gasteiger partial charge in [-0.15, -0.1) is 11.3 Å². The summed E-state index contributed by atoms with van der Waals surface area (Å²) in [6, 6.07) is 72.0. The van der Waals surface area contributed by atoms with Crippen LogP contribution < -0.4 is 4.90 Å². The molecule has 0 aliphatic carbocycles. The SMILES string of the molecule is Fc1cccc(-c2cccc3cccc(-c4ccccc4N(c4ccc(-c5ccccc5)cc4)c4cccc(-c5ccc6sc7ccccc7c6c5)c4)c23)c1. The lowest BCUT2D eigenvalue weighted by molar-refractivity contribution is 0.628. The Balaban J connectivity index is 1.17. The lowest BCUT2D eigenvalue weighted by atomic mass is 9.90. The Bertz CT molecular complexity index is 2990. The van der Waals surface area contributed by atoms with Crippen molar-refractivity contribution in [3.8, 4) is 44.5 Å². The number of fused-ring (bicyclic) bond motifs is 4. The number of hydrogen-bond acceptors (Lipinski definition) is 2. The van der Waals surface area contributed by atoms with Crippen LogP contribution in [0.3, 0.4) is 0 Å². The largest absolute Gasteiger partial charge is 0.310 e. The molecular weight excluding hydrogens is 690 g/mol. The molecule has 1 heterocycles. The van der Waals surface area contributed by atoms with Crippen LogP contribution in [0.2, 0.25) is 0 Å². The van der Waals surface area contributed by atoms with Crippen LogP contribution in [-0.4, -0.2) is 0 Å². The summed E-state index contributed by atoms with van der Waals surface area (Å²) < 4.78 is 17.2. The second kappa shape index (κ2) is 13.9. The zero-order valence-corrected chi connectivity index (χ0v) is 30.7. The van der Waals surface area contributed by atoms with Crippen LogP contribution in [0.15, 0.2) is 206 Å². The summed E-state index contributed by atoms with van der Waals surface area (Å²) in [6.07, 6.45) is 0. The summed E-state index contributed by atoms with van der Waals surface area (Å²) in [7, 11) is 0. The predicted molar refractivity (Wildman–Crippen MR) is 233 cm³/mol. The average Bonchev–Trinajstić information content (AvgIpc) is 3.62. The van der Waals surface area contributed by atoms with Gasteiger partial charge in [-0.1, -0.05) is 146 Å². The summed E-state index contributed by atoms with van der Waals surface area (Å²) >= 11 is 1.84. The van der Waals surface area contributed by atoms with Crippen molar-refractivity contribution in [1.29, 1.82) is 0 Å². The van der Waals surface area contributed by atoms with E-state index in [9.17, 15) is 4.39 Å². The van der Waals surface area contributed by atoms with E-state index in [-0.39, 0.29) is 5.82 Å². The Hall–Kier alpha value is -6.81. The molecular formula is C52H34FNS. The smallest absolute Gasteiger partial charge is 0.123 e. The highest BCUT2D eigenvalue weighted by Gasteiger charge is 2.20. The molecule has 0 unspecified atom stereocenters. The van der Waals surface area contributed by atoms with Gasteiger partial charge in [-0.25, -0.2) is 4.39 Å². The first-order chi connectivity index (χ1) is 27.2. The predicted octanol–water partition coefficient (Wildman–Crippen LogP) is 15.5. The zero-order chi connectivity index (χ0) is 36.7. The van der Waals surface area contributed by atoms with E-state index >= 15 is 0 Å². The minimum Gasteiger partial charge on any atom is -0.310 e. The second-order valence-corrected chi connectivity index (χ2v) is 14.9. The summed E-state index contributed by atoms with van der Waals surface area (Å²) in [5, 5.41) is 4.77. The highest BCUT2D eigenvalue weighted by Crippen LogP contribution is 2.46. The van der Waals surface area contributed by atoms with Crippen molar-refractivity contribution in [2.24, 2.45) is 0 Å². The van der Waals surface area contributed by atoms with Crippen LogP contribution in [0, 0.1) is 5.82 Å². The van der Waals surface area contributed by atoms with Crippen molar-refractivity contribution in [1.82, 2.24) is 0 Å². The van der Waals surface area contributed by atoms with Gasteiger partial charge >= 0.3 is 0 Å². The normalized spacial score (nSPS) is 11.4. The number of para-hydroxylation sites is 1. The monoisotopic (exact) mass is 723 g/mol. The van der Waals surface area contributed by atoms with Gasteiger partial charge in [0.05, 0.1) is 5.69 Å². The van der Waals surface area contributed by atoms with Crippen LogP contribution >= 0.6 is 11.3 Å². The summed E-state index contributed by atoms with van der Waals surface area (Å²) in [5.74, 6) is -0.247. The van der Waals surface area contributed by atoms with Gasteiger partial charge < -0.3 is 4.90 Å². The molecule has 0 spiro atoms. The molecule has 1 nitrogen and oxygen atoms in total. The Morgan fingerprint density at radius 2 is 0.982 bits per heavy atom. The second-order valence-electron chi connectivity index (χ2n) is 13.8. The van der Waals surface area contributed by atoms with Crippen molar-refractivity contribution in [3.05, 3.63) is 212 Å². The zero-order valence-electron chi connectivity index (χ0n) is 29.9. The number of thiophene rings is 1. The van der Waals surface area contributed by atoms with E-state index in [0.717, 1.165) is 61.2 Å². The number of rotatable bonds is 7. The molecule has 0 aliphatic heterocycles. The minimum absolute atomic E-state index is 0.247. The van der Waals surface area contributed by atoms with Crippen LogP contribution in [0.1, 0.15) is 0 Å². The fourth-order valence-corrected chi connectivity index (χ4v) is 9.04.